The van der Waals surface area contributed by atoms with Crippen LogP contribution in [-0.2, 0) is 23.8 Å². The van der Waals surface area contributed by atoms with E-state index in [-0.39, 0.29) is 6.16 Å². The Hall–Kier alpha value is -1.69. The standard InChI is InChI=1S/C18H25N2O4P/c1-24-18-4-2-3-17(11-18)13-20(10-9-19)12-15-5-7-16(8-6-15)14-25(21,22)23/h2-8,11H,9-10,12-14,19H2,1H3,(H2,21,22,23). The summed E-state index contributed by atoms with van der Waals surface area (Å²) in [6, 6.07) is 15.3. The fourth-order valence-electron chi connectivity index (χ4n) is 2.67. The Kier molecular flexibility index (Phi) is 7.17. The van der Waals surface area contributed by atoms with E-state index in [0.717, 1.165) is 30.0 Å². The molecule has 0 saturated heterocycles. The van der Waals surface area contributed by atoms with Gasteiger partial charge in [0.2, 0.25) is 0 Å². The van der Waals surface area contributed by atoms with E-state index in [4.69, 9.17) is 20.3 Å². The second kappa shape index (κ2) is 9.13. The molecule has 2 aromatic rings. The zero-order chi connectivity index (χ0) is 18.3. The van der Waals surface area contributed by atoms with Crippen LogP contribution in [0.4, 0.5) is 0 Å². The fourth-order valence-corrected chi connectivity index (χ4v) is 3.36. The summed E-state index contributed by atoms with van der Waals surface area (Å²) in [5.41, 5.74) is 8.59. The van der Waals surface area contributed by atoms with Crippen LogP contribution < -0.4 is 10.5 Å². The number of hydrogen-bond acceptors (Lipinski definition) is 4. The first-order valence-electron chi connectivity index (χ1n) is 8.07. The molecule has 0 aliphatic carbocycles. The second-order valence-electron chi connectivity index (χ2n) is 5.99. The Morgan fingerprint density at radius 2 is 1.68 bits per heavy atom. The van der Waals surface area contributed by atoms with Gasteiger partial charge in [0.15, 0.2) is 0 Å². The molecular weight excluding hydrogens is 339 g/mol. The molecule has 0 aliphatic rings. The molecule has 0 radical (unpaired) electrons. The summed E-state index contributed by atoms with van der Waals surface area (Å²) in [4.78, 5) is 20.3. The number of nitrogens with zero attached hydrogens (tertiary/aromatic N) is 1. The molecule has 0 atom stereocenters. The highest BCUT2D eigenvalue weighted by molar-refractivity contribution is 7.50. The molecule has 0 aliphatic heterocycles. The van der Waals surface area contributed by atoms with Crippen molar-refractivity contribution < 1.29 is 19.1 Å². The van der Waals surface area contributed by atoms with Gasteiger partial charge in [-0.05, 0) is 28.8 Å². The Labute approximate surface area is 148 Å². The lowest BCUT2D eigenvalue weighted by molar-refractivity contribution is 0.264. The molecule has 0 unspecified atom stereocenters. The van der Waals surface area contributed by atoms with Crippen LogP contribution in [-0.4, -0.2) is 34.9 Å². The minimum Gasteiger partial charge on any atom is -0.497 e. The van der Waals surface area contributed by atoms with Crippen molar-refractivity contribution in [1.82, 2.24) is 4.90 Å². The van der Waals surface area contributed by atoms with E-state index in [0.29, 0.717) is 18.7 Å². The molecule has 0 bridgehead atoms. The highest BCUT2D eigenvalue weighted by Gasteiger charge is 2.14. The zero-order valence-corrected chi connectivity index (χ0v) is 15.2. The summed E-state index contributed by atoms with van der Waals surface area (Å²) in [6.45, 7) is 2.77. The maximum absolute atomic E-state index is 11.1. The van der Waals surface area contributed by atoms with Gasteiger partial charge in [-0.3, -0.25) is 9.46 Å². The number of nitrogens with two attached hydrogens (primary N) is 1. The molecule has 2 rings (SSSR count). The van der Waals surface area contributed by atoms with Crippen LogP contribution in [0.2, 0.25) is 0 Å². The smallest absolute Gasteiger partial charge is 0.329 e. The quantitative estimate of drug-likeness (QED) is 0.591. The van der Waals surface area contributed by atoms with Crippen LogP contribution >= 0.6 is 7.60 Å². The number of rotatable bonds is 9. The van der Waals surface area contributed by atoms with Gasteiger partial charge in [0, 0.05) is 26.2 Å². The molecule has 25 heavy (non-hydrogen) atoms. The van der Waals surface area contributed by atoms with Crippen LogP contribution in [0.15, 0.2) is 48.5 Å². The van der Waals surface area contributed by atoms with Crippen LogP contribution in [0.3, 0.4) is 0 Å². The minimum absolute atomic E-state index is 0.233. The van der Waals surface area contributed by atoms with Gasteiger partial charge in [-0.1, -0.05) is 36.4 Å². The largest absolute Gasteiger partial charge is 0.497 e. The molecule has 0 spiro atoms. The molecule has 0 aromatic heterocycles. The van der Waals surface area contributed by atoms with Crippen molar-refractivity contribution in [3.63, 3.8) is 0 Å². The molecule has 6 nitrogen and oxygen atoms in total. The van der Waals surface area contributed by atoms with Crippen LogP contribution in [0.5, 0.6) is 5.75 Å². The van der Waals surface area contributed by atoms with Gasteiger partial charge in [-0.15, -0.1) is 0 Å². The average molecular weight is 364 g/mol. The molecule has 0 heterocycles. The second-order valence-corrected chi connectivity index (χ2v) is 7.64. The van der Waals surface area contributed by atoms with Crippen molar-refractivity contribution >= 4 is 7.60 Å². The molecule has 136 valence electrons. The zero-order valence-electron chi connectivity index (χ0n) is 14.3. The molecular formula is C18H25N2O4P. The molecule has 0 saturated carbocycles. The minimum atomic E-state index is -4.03. The van der Waals surface area contributed by atoms with Crippen molar-refractivity contribution in [3.05, 3.63) is 65.2 Å². The lowest BCUT2D eigenvalue weighted by Crippen LogP contribution is -2.28. The predicted molar refractivity (Wildman–Crippen MR) is 98.4 cm³/mol. The fraction of sp³-hybridized carbons (Fsp3) is 0.333. The Bertz CT molecular complexity index is 715. The summed E-state index contributed by atoms with van der Waals surface area (Å²) in [6.07, 6.45) is -0.233. The van der Waals surface area contributed by atoms with Crippen molar-refractivity contribution in [3.8, 4) is 5.75 Å². The summed E-state index contributed by atoms with van der Waals surface area (Å²) in [7, 11) is -2.38. The third-order valence-corrected chi connectivity index (χ3v) is 4.58. The number of benzene rings is 2. The number of ether oxygens (including phenoxy) is 1. The average Bonchev–Trinajstić information content (AvgIpc) is 2.56. The normalized spacial score (nSPS) is 11.7. The number of methoxy groups -OCH3 is 1. The van der Waals surface area contributed by atoms with Crippen LogP contribution in [0.25, 0.3) is 0 Å². The van der Waals surface area contributed by atoms with Crippen molar-refractivity contribution in [1.29, 1.82) is 0 Å². The highest BCUT2D eigenvalue weighted by Crippen LogP contribution is 2.38. The third kappa shape index (κ3) is 6.98. The summed E-state index contributed by atoms with van der Waals surface area (Å²) < 4.78 is 16.3. The molecule has 0 fully saturated rings. The number of hydrogen-bond donors (Lipinski definition) is 3. The molecule has 4 N–H and O–H groups in total. The Morgan fingerprint density at radius 3 is 2.28 bits per heavy atom. The van der Waals surface area contributed by atoms with Crippen LogP contribution in [0, 0.1) is 0 Å². The van der Waals surface area contributed by atoms with E-state index in [1.165, 1.54) is 0 Å². The van der Waals surface area contributed by atoms with Crippen molar-refractivity contribution in [2.75, 3.05) is 20.2 Å². The van der Waals surface area contributed by atoms with E-state index in [9.17, 15) is 4.57 Å². The Morgan fingerprint density at radius 1 is 1.04 bits per heavy atom. The Balaban J connectivity index is 2.04. The van der Waals surface area contributed by atoms with Gasteiger partial charge in [-0.2, -0.15) is 0 Å². The first kappa shape index (κ1) is 19.6. The van der Waals surface area contributed by atoms with Gasteiger partial charge in [0.1, 0.15) is 5.75 Å². The van der Waals surface area contributed by atoms with E-state index < -0.39 is 7.60 Å². The SMILES string of the molecule is COc1cccc(CN(CCN)Cc2ccc(CP(=O)(O)O)cc2)c1. The molecule has 2 aromatic carbocycles. The predicted octanol–water partition coefficient (Wildman–Crippen LogP) is 2.33. The maximum atomic E-state index is 11.1. The lowest BCUT2D eigenvalue weighted by Gasteiger charge is -2.22. The highest BCUT2D eigenvalue weighted by atomic mass is 31.2. The van der Waals surface area contributed by atoms with Crippen molar-refractivity contribution in [2.24, 2.45) is 5.73 Å². The molecule has 7 heteroatoms. The van der Waals surface area contributed by atoms with Gasteiger partial charge in [0.25, 0.3) is 0 Å². The van der Waals surface area contributed by atoms with E-state index >= 15 is 0 Å². The van der Waals surface area contributed by atoms with E-state index in [1.54, 1.807) is 19.2 Å². The summed E-state index contributed by atoms with van der Waals surface area (Å²) >= 11 is 0. The topological polar surface area (TPSA) is 96.0 Å². The van der Waals surface area contributed by atoms with E-state index in [1.807, 2.05) is 30.3 Å². The summed E-state index contributed by atoms with van der Waals surface area (Å²) in [5, 5.41) is 0. The van der Waals surface area contributed by atoms with Gasteiger partial charge in [0.05, 0.1) is 13.3 Å². The maximum Gasteiger partial charge on any atom is 0.329 e. The van der Waals surface area contributed by atoms with E-state index in [2.05, 4.69) is 11.0 Å². The monoisotopic (exact) mass is 364 g/mol. The summed E-state index contributed by atoms with van der Waals surface area (Å²) in [5.74, 6) is 0.826. The van der Waals surface area contributed by atoms with Crippen molar-refractivity contribution in [2.45, 2.75) is 19.3 Å². The lowest BCUT2D eigenvalue weighted by atomic mass is 10.1. The first-order chi connectivity index (χ1) is 11.9. The third-order valence-electron chi connectivity index (χ3n) is 3.80. The molecule has 0 amide bonds. The first-order valence-corrected chi connectivity index (χ1v) is 9.87. The van der Waals surface area contributed by atoms with Gasteiger partial charge < -0.3 is 20.3 Å². The van der Waals surface area contributed by atoms with Gasteiger partial charge >= 0.3 is 7.60 Å². The van der Waals surface area contributed by atoms with Crippen LogP contribution in [0.1, 0.15) is 16.7 Å². The van der Waals surface area contributed by atoms with Gasteiger partial charge in [-0.25, -0.2) is 0 Å².